The number of amides is 1. The molecule has 0 aliphatic carbocycles. The summed E-state index contributed by atoms with van der Waals surface area (Å²) >= 11 is 9.05. The van der Waals surface area contributed by atoms with Gasteiger partial charge in [-0.15, -0.1) is 28.1 Å². The highest BCUT2D eigenvalue weighted by Gasteiger charge is 2.17. The van der Waals surface area contributed by atoms with Gasteiger partial charge in [0.15, 0.2) is 16.1 Å². The number of benzene rings is 2. The van der Waals surface area contributed by atoms with Gasteiger partial charge in [-0.1, -0.05) is 53.7 Å². The zero-order valence-electron chi connectivity index (χ0n) is 18.2. The van der Waals surface area contributed by atoms with Crippen LogP contribution in [0.25, 0.3) is 22.6 Å². The molecular formula is C24H22ClN5OS2. The van der Waals surface area contributed by atoms with E-state index in [9.17, 15) is 4.79 Å². The number of aromatic nitrogens is 4. The molecule has 0 bridgehead atoms. The third-order valence-electron chi connectivity index (χ3n) is 5.03. The van der Waals surface area contributed by atoms with Crippen LogP contribution in [-0.2, 0) is 11.3 Å². The minimum atomic E-state index is -0.159. The Morgan fingerprint density at radius 3 is 2.79 bits per heavy atom. The minimum absolute atomic E-state index is 0.159. The number of hydrogen-bond donors (Lipinski definition) is 1. The predicted molar refractivity (Wildman–Crippen MR) is 137 cm³/mol. The largest absolute Gasteiger partial charge is 0.301 e. The fraction of sp³-hybridized carbons (Fsp3) is 0.167. The Morgan fingerprint density at radius 2 is 2.03 bits per heavy atom. The molecule has 4 aromatic rings. The molecular weight excluding hydrogens is 474 g/mol. The average molecular weight is 496 g/mol. The van der Waals surface area contributed by atoms with E-state index in [1.165, 1.54) is 34.2 Å². The van der Waals surface area contributed by atoms with E-state index in [1.54, 1.807) is 6.08 Å². The Bertz CT molecular complexity index is 1310. The van der Waals surface area contributed by atoms with Gasteiger partial charge < -0.3 is 5.32 Å². The molecule has 1 amide bonds. The van der Waals surface area contributed by atoms with E-state index in [1.807, 2.05) is 40.3 Å². The SMILES string of the molecule is C=CCn1c(SCC(=O)Nc2nc(-c3ccc(C)c(C)c3)cs2)nnc1-c1ccccc1Cl. The van der Waals surface area contributed by atoms with Crippen LogP contribution in [0.15, 0.2) is 65.7 Å². The van der Waals surface area contributed by atoms with E-state index in [0.29, 0.717) is 27.7 Å². The molecule has 2 aromatic heterocycles. The zero-order valence-corrected chi connectivity index (χ0v) is 20.6. The molecule has 4 rings (SSSR count). The third-order valence-corrected chi connectivity index (χ3v) is 7.08. The van der Waals surface area contributed by atoms with E-state index >= 15 is 0 Å². The van der Waals surface area contributed by atoms with Crippen molar-refractivity contribution in [2.75, 3.05) is 11.1 Å². The molecule has 0 saturated carbocycles. The number of thioether (sulfide) groups is 1. The van der Waals surface area contributed by atoms with Crippen LogP contribution < -0.4 is 5.32 Å². The zero-order chi connectivity index (χ0) is 23.4. The van der Waals surface area contributed by atoms with Crippen LogP contribution in [0.2, 0.25) is 5.02 Å². The number of carbonyl (C=O) groups excluding carboxylic acids is 1. The summed E-state index contributed by atoms with van der Waals surface area (Å²) in [6.45, 7) is 8.48. The quantitative estimate of drug-likeness (QED) is 0.231. The Labute approximate surface area is 205 Å². The maximum Gasteiger partial charge on any atom is 0.236 e. The van der Waals surface area contributed by atoms with Gasteiger partial charge in [0.05, 0.1) is 16.5 Å². The standard InChI is InChI=1S/C24H22ClN5OS2/c1-4-11-30-22(18-7-5-6-8-19(18)25)28-29-24(30)33-14-21(31)27-23-26-20(13-32-23)17-10-9-15(2)16(3)12-17/h4-10,12-13H,1,11,14H2,2-3H3,(H,26,27,31). The van der Waals surface area contributed by atoms with Crippen molar-refractivity contribution < 1.29 is 4.79 Å². The number of aryl methyl sites for hydroxylation is 2. The van der Waals surface area contributed by atoms with Crippen molar-refractivity contribution in [3.8, 4) is 22.6 Å². The Kier molecular flexibility index (Phi) is 7.27. The molecule has 33 heavy (non-hydrogen) atoms. The summed E-state index contributed by atoms with van der Waals surface area (Å²) in [5, 5.41) is 15.2. The highest BCUT2D eigenvalue weighted by Crippen LogP contribution is 2.30. The Balaban J connectivity index is 1.43. The molecule has 0 radical (unpaired) electrons. The van der Waals surface area contributed by atoms with Crippen molar-refractivity contribution >= 4 is 45.7 Å². The Morgan fingerprint density at radius 1 is 1.21 bits per heavy atom. The van der Waals surface area contributed by atoms with Crippen LogP contribution in [0.5, 0.6) is 0 Å². The second-order valence-electron chi connectivity index (χ2n) is 7.36. The van der Waals surface area contributed by atoms with Gasteiger partial charge in [0.2, 0.25) is 5.91 Å². The average Bonchev–Trinajstić information content (AvgIpc) is 3.42. The lowest BCUT2D eigenvalue weighted by molar-refractivity contribution is -0.113. The van der Waals surface area contributed by atoms with Crippen molar-refractivity contribution in [1.29, 1.82) is 0 Å². The van der Waals surface area contributed by atoms with Gasteiger partial charge in [0.25, 0.3) is 0 Å². The van der Waals surface area contributed by atoms with Crippen LogP contribution in [0.4, 0.5) is 5.13 Å². The molecule has 2 heterocycles. The van der Waals surface area contributed by atoms with Crippen molar-refractivity contribution in [3.05, 3.63) is 76.6 Å². The molecule has 0 unspecified atom stereocenters. The fourth-order valence-corrected chi connectivity index (χ4v) is 4.88. The fourth-order valence-electron chi connectivity index (χ4n) is 3.18. The normalized spacial score (nSPS) is 10.9. The van der Waals surface area contributed by atoms with E-state index in [-0.39, 0.29) is 11.7 Å². The monoisotopic (exact) mass is 495 g/mol. The molecule has 0 spiro atoms. The molecule has 0 aliphatic heterocycles. The highest BCUT2D eigenvalue weighted by molar-refractivity contribution is 7.99. The van der Waals surface area contributed by atoms with Gasteiger partial charge >= 0.3 is 0 Å². The second kappa shape index (κ2) is 10.3. The van der Waals surface area contributed by atoms with Crippen molar-refractivity contribution in [2.45, 2.75) is 25.5 Å². The lowest BCUT2D eigenvalue weighted by Crippen LogP contribution is -2.14. The number of halogens is 1. The maximum atomic E-state index is 12.6. The molecule has 9 heteroatoms. The number of thiazole rings is 1. The van der Waals surface area contributed by atoms with E-state index in [0.717, 1.165) is 16.8 Å². The lowest BCUT2D eigenvalue weighted by Gasteiger charge is -2.08. The number of rotatable bonds is 8. The predicted octanol–water partition coefficient (Wildman–Crippen LogP) is 6.26. The van der Waals surface area contributed by atoms with Gasteiger partial charge in [0.1, 0.15) is 0 Å². The van der Waals surface area contributed by atoms with Gasteiger partial charge in [-0.25, -0.2) is 4.98 Å². The third kappa shape index (κ3) is 5.35. The minimum Gasteiger partial charge on any atom is -0.301 e. The maximum absolute atomic E-state index is 12.6. The summed E-state index contributed by atoms with van der Waals surface area (Å²) in [5.41, 5.74) is 5.12. The van der Waals surface area contributed by atoms with Crippen LogP contribution in [0.3, 0.4) is 0 Å². The number of carbonyl (C=O) groups is 1. The van der Waals surface area contributed by atoms with Gasteiger partial charge in [0, 0.05) is 23.1 Å². The molecule has 6 nitrogen and oxygen atoms in total. The highest BCUT2D eigenvalue weighted by atomic mass is 35.5. The van der Waals surface area contributed by atoms with Crippen LogP contribution in [0, 0.1) is 13.8 Å². The first kappa shape index (κ1) is 23.2. The van der Waals surface area contributed by atoms with Gasteiger partial charge in [-0.05, 0) is 43.2 Å². The van der Waals surface area contributed by atoms with Crippen LogP contribution in [-0.4, -0.2) is 31.4 Å². The van der Waals surface area contributed by atoms with E-state index in [2.05, 4.69) is 53.1 Å². The molecule has 0 atom stereocenters. The molecule has 0 fully saturated rings. The smallest absolute Gasteiger partial charge is 0.236 e. The molecule has 0 saturated heterocycles. The summed E-state index contributed by atoms with van der Waals surface area (Å²) in [5.74, 6) is 0.658. The first-order valence-electron chi connectivity index (χ1n) is 10.2. The summed E-state index contributed by atoms with van der Waals surface area (Å²) in [6.07, 6.45) is 1.76. The Hall–Kier alpha value is -2.94. The summed E-state index contributed by atoms with van der Waals surface area (Å²) in [6, 6.07) is 13.7. The van der Waals surface area contributed by atoms with Crippen LogP contribution >= 0.6 is 34.7 Å². The molecule has 0 aliphatic rings. The first-order chi connectivity index (χ1) is 16.0. The van der Waals surface area contributed by atoms with Gasteiger partial charge in [-0.3, -0.25) is 9.36 Å². The van der Waals surface area contributed by atoms with Crippen LogP contribution in [0.1, 0.15) is 11.1 Å². The van der Waals surface area contributed by atoms with Gasteiger partial charge in [-0.2, -0.15) is 0 Å². The summed E-state index contributed by atoms with van der Waals surface area (Å²) < 4.78 is 1.90. The molecule has 1 N–H and O–H groups in total. The summed E-state index contributed by atoms with van der Waals surface area (Å²) in [4.78, 5) is 17.1. The van der Waals surface area contributed by atoms with Crippen molar-refractivity contribution in [2.24, 2.45) is 0 Å². The number of hydrogen-bond acceptors (Lipinski definition) is 6. The number of anilines is 1. The van der Waals surface area contributed by atoms with Crippen molar-refractivity contribution in [1.82, 2.24) is 19.7 Å². The lowest BCUT2D eigenvalue weighted by atomic mass is 10.1. The molecule has 2 aromatic carbocycles. The van der Waals surface area contributed by atoms with E-state index < -0.39 is 0 Å². The number of nitrogens with zero attached hydrogens (tertiary/aromatic N) is 4. The second-order valence-corrected chi connectivity index (χ2v) is 9.57. The number of allylic oxidation sites excluding steroid dienone is 1. The van der Waals surface area contributed by atoms with E-state index in [4.69, 9.17) is 11.6 Å². The molecule has 168 valence electrons. The van der Waals surface area contributed by atoms with Crippen molar-refractivity contribution in [3.63, 3.8) is 0 Å². The first-order valence-corrected chi connectivity index (χ1v) is 12.5. The topological polar surface area (TPSA) is 72.7 Å². The number of nitrogens with one attached hydrogen (secondary N) is 1. The summed E-state index contributed by atoms with van der Waals surface area (Å²) in [7, 11) is 0.